The van der Waals surface area contributed by atoms with Crippen molar-refractivity contribution in [3.63, 3.8) is 0 Å². The SMILES string of the molecule is CC(C)c1nc(C(=O)NCC2(O)CCC(C)(C)CC2)n[nH]1. The van der Waals surface area contributed by atoms with Gasteiger partial charge in [-0.1, -0.05) is 27.7 Å². The number of nitrogens with one attached hydrogen (secondary N) is 2. The first-order chi connectivity index (χ1) is 9.71. The number of hydrogen-bond acceptors (Lipinski definition) is 4. The van der Waals surface area contributed by atoms with Crippen molar-refractivity contribution in [1.29, 1.82) is 0 Å². The van der Waals surface area contributed by atoms with E-state index in [4.69, 9.17) is 0 Å². The van der Waals surface area contributed by atoms with Crippen LogP contribution in [0.5, 0.6) is 0 Å². The van der Waals surface area contributed by atoms with Crippen molar-refractivity contribution in [2.45, 2.75) is 64.9 Å². The molecule has 0 bridgehead atoms. The summed E-state index contributed by atoms with van der Waals surface area (Å²) in [5.41, 5.74) is -0.519. The topological polar surface area (TPSA) is 90.9 Å². The lowest BCUT2D eigenvalue weighted by molar-refractivity contribution is -0.0233. The standard InChI is InChI=1S/C15H26N4O2/c1-10(2)11-17-12(19-18-11)13(20)16-9-15(21)7-5-14(3,4)6-8-15/h10,21H,5-9H2,1-4H3,(H,16,20)(H,17,18,19). The minimum absolute atomic E-state index is 0.137. The van der Waals surface area contributed by atoms with Crippen LogP contribution in [0.1, 0.15) is 75.7 Å². The van der Waals surface area contributed by atoms with E-state index >= 15 is 0 Å². The summed E-state index contributed by atoms with van der Waals surface area (Å²) in [5, 5.41) is 20.0. The molecule has 1 aromatic rings. The highest BCUT2D eigenvalue weighted by Crippen LogP contribution is 2.39. The Morgan fingerprint density at radius 3 is 2.48 bits per heavy atom. The van der Waals surface area contributed by atoms with Crippen LogP contribution >= 0.6 is 0 Å². The largest absolute Gasteiger partial charge is 0.388 e. The third-order valence-electron chi connectivity index (χ3n) is 4.36. The van der Waals surface area contributed by atoms with Gasteiger partial charge >= 0.3 is 0 Å². The number of H-pyrrole nitrogens is 1. The van der Waals surface area contributed by atoms with Crippen molar-refractivity contribution >= 4 is 5.91 Å². The Hall–Kier alpha value is -1.43. The monoisotopic (exact) mass is 294 g/mol. The zero-order valence-corrected chi connectivity index (χ0v) is 13.4. The fourth-order valence-electron chi connectivity index (χ4n) is 2.53. The van der Waals surface area contributed by atoms with Crippen LogP contribution in [-0.4, -0.2) is 38.3 Å². The maximum absolute atomic E-state index is 12.0. The van der Waals surface area contributed by atoms with Crippen molar-refractivity contribution in [3.8, 4) is 0 Å². The molecule has 6 nitrogen and oxygen atoms in total. The van der Waals surface area contributed by atoms with Gasteiger partial charge in [-0.15, -0.1) is 5.10 Å². The average Bonchev–Trinajstić information content (AvgIpc) is 2.90. The summed E-state index contributed by atoms with van der Waals surface area (Å²) in [4.78, 5) is 16.2. The van der Waals surface area contributed by atoms with Crippen molar-refractivity contribution in [2.24, 2.45) is 5.41 Å². The maximum atomic E-state index is 12.0. The number of nitrogens with zero attached hydrogens (tertiary/aromatic N) is 2. The minimum Gasteiger partial charge on any atom is -0.388 e. The van der Waals surface area contributed by atoms with E-state index in [1.54, 1.807) is 0 Å². The lowest BCUT2D eigenvalue weighted by Gasteiger charge is -2.40. The highest BCUT2D eigenvalue weighted by atomic mass is 16.3. The molecule has 21 heavy (non-hydrogen) atoms. The molecule has 0 spiro atoms. The number of aliphatic hydroxyl groups is 1. The summed E-state index contributed by atoms with van der Waals surface area (Å²) < 4.78 is 0. The van der Waals surface area contributed by atoms with Crippen LogP contribution in [0.15, 0.2) is 0 Å². The molecule has 0 radical (unpaired) electrons. The van der Waals surface area contributed by atoms with Crippen molar-refractivity contribution < 1.29 is 9.90 Å². The number of aromatic nitrogens is 3. The molecule has 1 aromatic heterocycles. The van der Waals surface area contributed by atoms with E-state index in [0.717, 1.165) is 12.8 Å². The third kappa shape index (κ3) is 4.03. The molecule has 1 amide bonds. The first-order valence-electron chi connectivity index (χ1n) is 7.64. The molecule has 3 N–H and O–H groups in total. The van der Waals surface area contributed by atoms with Crippen molar-refractivity contribution in [3.05, 3.63) is 11.6 Å². The summed E-state index contributed by atoms with van der Waals surface area (Å²) in [6.07, 6.45) is 3.37. The zero-order chi connectivity index (χ0) is 15.7. The summed E-state index contributed by atoms with van der Waals surface area (Å²) in [6.45, 7) is 8.65. The van der Waals surface area contributed by atoms with Gasteiger partial charge < -0.3 is 10.4 Å². The first kappa shape index (κ1) is 15.9. The molecule has 1 aliphatic rings. The zero-order valence-electron chi connectivity index (χ0n) is 13.4. The van der Waals surface area contributed by atoms with Gasteiger partial charge in [0.25, 0.3) is 5.91 Å². The van der Waals surface area contributed by atoms with E-state index in [2.05, 4.69) is 34.3 Å². The minimum atomic E-state index is -0.803. The molecule has 0 aromatic carbocycles. The van der Waals surface area contributed by atoms with Gasteiger partial charge in [0.1, 0.15) is 5.82 Å². The van der Waals surface area contributed by atoms with Crippen LogP contribution in [-0.2, 0) is 0 Å². The Labute approximate surface area is 125 Å². The van der Waals surface area contributed by atoms with Crippen molar-refractivity contribution in [2.75, 3.05) is 6.54 Å². The fraction of sp³-hybridized carbons (Fsp3) is 0.800. The van der Waals surface area contributed by atoms with Gasteiger partial charge in [-0.25, -0.2) is 4.98 Å². The molecule has 0 aliphatic heterocycles. The molecular formula is C15H26N4O2. The van der Waals surface area contributed by atoms with Crippen LogP contribution in [0.25, 0.3) is 0 Å². The van der Waals surface area contributed by atoms with Gasteiger partial charge in [-0.3, -0.25) is 9.89 Å². The second-order valence-corrected chi connectivity index (χ2v) is 7.27. The number of carbonyl (C=O) groups excluding carboxylic acids is 1. The number of aromatic amines is 1. The summed E-state index contributed by atoms with van der Waals surface area (Å²) in [7, 11) is 0. The molecule has 1 aliphatic carbocycles. The predicted octanol–water partition coefficient (Wildman–Crippen LogP) is 1.99. The average molecular weight is 294 g/mol. The van der Waals surface area contributed by atoms with Crippen LogP contribution in [0.4, 0.5) is 0 Å². The Morgan fingerprint density at radius 1 is 1.33 bits per heavy atom. The number of rotatable bonds is 4. The number of amides is 1. The molecule has 2 rings (SSSR count). The molecular weight excluding hydrogens is 268 g/mol. The van der Waals surface area contributed by atoms with Gasteiger partial charge in [0, 0.05) is 12.5 Å². The summed E-state index contributed by atoms with van der Waals surface area (Å²) in [6, 6.07) is 0. The normalized spacial score (nSPS) is 20.5. The second kappa shape index (κ2) is 5.75. The Bertz CT molecular complexity index is 498. The molecule has 0 unspecified atom stereocenters. The van der Waals surface area contributed by atoms with E-state index in [-0.39, 0.29) is 29.6 Å². The number of carbonyl (C=O) groups is 1. The van der Waals surface area contributed by atoms with Gasteiger partial charge in [0.2, 0.25) is 5.82 Å². The van der Waals surface area contributed by atoms with E-state index < -0.39 is 5.60 Å². The highest BCUT2D eigenvalue weighted by molar-refractivity contribution is 5.90. The van der Waals surface area contributed by atoms with Gasteiger partial charge in [-0.05, 0) is 31.1 Å². The molecule has 1 fully saturated rings. The first-order valence-corrected chi connectivity index (χ1v) is 7.64. The summed E-state index contributed by atoms with van der Waals surface area (Å²) >= 11 is 0. The Balaban J connectivity index is 1.89. The van der Waals surface area contributed by atoms with E-state index in [0.29, 0.717) is 18.7 Å². The van der Waals surface area contributed by atoms with Crippen LogP contribution in [0.3, 0.4) is 0 Å². The van der Waals surface area contributed by atoms with Gasteiger partial charge in [0.15, 0.2) is 0 Å². The molecule has 1 saturated carbocycles. The van der Waals surface area contributed by atoms with Crippen LogP contribution < -0.4 is 5.32 Å². The smallest absolute Gasteiger partial charge is 0.291 e. The summed E-state index contributed by atoms with van der Waals surface area (Å²) in [5.74, 6) is 0.692. The molecule has 6 heteroatoms. The van der Waals surface area contributed by atoms with Gasteiger partial charge in [-0.2, -0.15) is 0 Å². The maximum Gasteiger partial charge on any atom is 0.291 e. The predicted molar refractivity (Wildman–Crippen MR) is 80.0 cm³/mol. The third-order valence-corrected chi connectivity index (χ3v) is 4.36. The van der Waals surface area contributed by atoms with Crippen LogP contribution in [0.2, 0.25) is 0 Å². The van der Waals surface area contributed by atoms with Gasteiger partial charge in [0.05, 0.1) is 5.60 Å². The van der Waals surface area contributed by atoms with E-state index in [1.807, 2.05) is 13.8 Å². The second-order valence-electron chi connectivity index (χ2n) is 7.27. The highest BCUT2D eigenvalue weighted by Gasteiger charge is 2.37. The fourth-order valence-corrected chi connectivity index (χ4v) is 2.53. The Morgan fingerprint density at radius 2 is 1.95 bits per heavy atom. The Kier molecular flexibility index (Phi) is 4.37. The molecule has 118 valence electrons. The molecule has 0 saturated heterocycles. The quantitative estimate of drug-likeness (QED) is 0.792. The van der Waals surface area contributed by atoms with E-state index in [1.165, 1.54) is 0 Å². The molecule has 1 heterocycles. The lowest BCUT2D eigenvalue weighted by atomic mass is 9.71. The molecule has 0 atom stereocenters. The van der Waals surface area contributed by atoms with Crippen LogP contribution in [0, 0.1) is 5.41 Å². The van der Waals surface area contributed by atoms with Crippen molar-refractivity contribution in [1.82, 2.24) is 20.5 Å². The lowest BCUT2D eigenvalue weighted by Crippen LogP contribution is -2.46. The van der Waals surface area contributed by atoms with E-state index in [9.17, 15) is 9.90 Å². The number of hydrogen-bond donors (Lipinski definition) is 3.